The van der Waals surface area contributed by atoms with Gasteiger partial charge in [-0.25, -0.2) is 8.78 Å². The third-order valence-electron chi connectivity index (χ3n) is 2.61. The maximum atomic E-state index is 12.8. The van der Waals surface area contributed by atoms with E-state index in [9.17, 15) is 8.78 Å². The third kappa shape index (κ3) is 3.21. The predicted octanol–water partition coefficient (Wildman–Crippen LogP) is 3.95. The molecule has 1 aromatic rings. The molecule has 0 aliphatic carbocycles. The van der Waals surface area contributed by atoms with Crippen LogP contribution in [0.25, 0.3) is 0 Å². The average Bonchev–Trinajstić information content (AvgIpc) is 2.81. The molecule has 8 heteroatoms. The minimum atomic E-state index is -2.63. The Bertz CT molecular complexity index is 504. The van der Waals surface area contributed by atoms with Crippen molar-refractivity contribution in [2.24, 2.45) is 0 Å². The van der Waals surface area contributed by atoms with Gasteiger partial charge in [0.25, 0.3) is 6.43 Å². The molecular weight excluding hydrogens is 296 g/mol. The molecule has 0 saturated heterocycles. The van der Waals surface area contributed by atoms with Gasteiger partial charge >= 0.3 is 0 Å². The number of rotatable bonds is 4. The van der Waals surface area contributed by atoms with Gasteiger partial charge in [0, 0.05) is 10.8 Å². The molecule has 2 N–H and O–H groups in total. The molecule has 0 saturated carbocycles. The van der Waals surface area contributed by atoms with Crippen molar-refractivity contribution in [1.29, 1.82) is 0 Å². The lowest BCUT2D eigenvalue weighted by molar-refractivity contribution is -0.0127. The molecule has 0 bridgehead atoms. The number of aromatic amines is 1. The fraction of sp³-hybridized carbons (Fsp3) is 0.545. The van der Waals surface area contributed by atoms with Gasteiger partial charge in [0.05, 0.1) is 5.03 Å². The molecule has 0 amide bonds. The number of aromatic nitrogens is 2. The fourth-order valence-corrected chi connectivity index (χ4v) is 3.31. The Morgan fingerprint density at radius 2 is 2.16 bits per heavy atom. The van der Waals surface area contributed by atoms with E-state index in [2.05, 4.69) is 15.7 Å². The summed E-state index contributed by atoms with van der Waals surface area (Å²) in [5.41, 5.74) is 2.46. The lowest BCUT2D eigenvalue weighted by atomic mass is 10.1. The first-order chi connectivity index (χ1) is 8.80. The van der Waals surface area contributed by atoms with E-state index in [1.165, 1.54) is 11.8 Å². The number of halogens is 3. The van der Waals surface area contributed by atoms with Crippen molar-refractivity contribution < 1.29 is 13.6 Å². The van der Waals surface area contributed by atoms with E-state index < -0.39 is 12.0 Å². The SMILES string of the molecule is CC(SC1=CC(C)(C)ON1)c1c(Cl)n[nH]c1C(F)F. The lowest BCUT2D eigenvalue weighted by Gasteiger charge is -2.13. The molecule has 1 unspecified atom stereocenters. The van der Waals surface area contributed by atoms with Crippen LogP contribution in [0.15, 0.2) is 11.1 Å². The lowest BCUT2D eigenvalue weighted by Crippen LogP contribution is -2.20. The Kier molecular flexibility index (Phi) is 4.08. The van der Waals surface area contributed by atoms with Gasteiger partial charge < -0.3 is 0 Å². The topological polar surface area (TPSA) is 49.9 Å². The van der Waals surface area contributed by atoms with E-state index in [0.717, 1.165) is 5.03 Å². The van der Waals surface area contributed by atoms with Gasteiger partial charge in [0.2, 0.25) is 0 Å². The van der Waals surface area contributed by atoms with Crippen molar-refractivity contribution in [1.82, 2.24) is 15.7 Å². The Labute approximate surface area is 118 Å². The summed E-state index contributed by atoms with van der Waals surface area (Å²) in [6.45, 7) is 5.59. The number of hydroxylamine groups is 1. The normalized spacial score (nSPS) is 19.4. The van der Waals surface area contributed by atoms with Crippen LogP contribution in [0.5, 0.6) is 0 Å². The molecule has 0 fully saturated rings. The number of nitrogens with zero attached hydrogens (tertiary/aromatic N) is 1. The van der Waals surface area contributed by atoms with Crippen LogP contribution < -0.4 is 5.48 Å². The second-order valence-electron chi connectivity index (χ2n) is 4.72. The maximum absolute atomic E-state index is 12.8. The summed E-state index contributed by atoms with van der Waals surface area (Å²) in [5.74, 6) is 0. The largest absolute Gasteiger partial charge is 0.280 e. The Morgan fingerprint density at radius 1 is 1.47 bits per heavy atom. The Morgan fingerprint density at radius 3 is 2.68 bits per heavy atom. The summed E-state index contributed by atoms with van der Waals surface area (Å²) in [6, 6.07) is 0. The van der Waals surface area contributed by atoms with E-state index in [4.69, 9.17) is 16.4 Å². The van der Waals surface area contributed by atoms with Crippen LogP contribution in [0.4, 0.5) is 8.78 Å². The summed E-state index contributed by atoms with van der Waals surface area (Å²) in [4.78, 5) is 5.31. The molecule has 106 valence electrons. The van der Waals surface area contributed by atoms with Crippen molar-refractivity contribution in [3.8, 4) is 0 Å². The molecule has 19 heavy (non-hydrogen) atoms. The van der Waals surface area contributed by atoms with Crippen LogP contribution >= 0.6 is 23.4 Å². The zero-order valence-electron chi connectivity index (χ0n) is 10.6. The zero-order chi connectivity index (χ0) is 14.2. The van der Waals surface area contributed by atoms with E-state index in [1.807, 2.05) is 19.9 Å². The van der Waals surface area contributed by atoms with E-state index >= 15 is 0 Å². The van der Waals surface area contributed by atoms with Crippen molar-refractivity contribution in [2.45, 2.75) is 38.0 Å². The molecule has 1 aliphatic rings. The average molecular weight is 310 g/mol. The van der Waals surface area contributed by atoms with Crippen LogP contribution in [0, 0.1) is 0 Å². The van der Waals surface area contributed by atoms with Crippen LogP contribution in [-0.4, -0.2) is 15.8 Å². The Balaban J connectivity index is 2.17. The molecule has 0 aromatic carbocycles. The highest BCUT2D eigenvalue weighted by molar-refractivity contribution is 8.03. The monoisotopic (exact) mass is 309 g/mol. The van der Waals surface area contributed by atoms with Gasteiger partial charge in [-0.15, -0.1) is 0 Å². The molecule has 4 nitrogen and oxygen atoms in total. The molecule has 2 rings (SSSR count). The molecule has 1 aliphatic heterocycles. The second-order valence-corrected chi connectivity index (χ2v) is 6.46. The van der Waals surface area contributed by atoms with Gasteiger partial charge in [-0.3, -0.25) is 15.4 Å². The summed E-state index contributed by atoms with van der Waals surface area (Å²) in [7, 11) is 0. The second kappa shape index (κ2) is 5.30. The summed E-state index contributed by atoms with van der Waals surface area (Å²) < 4.78 is 25.7. The van der Waals surface area contributed by atoms with Crippen molar-refractivity contribution in [3.63, 3.8) is 0 Å². The number of H-pyrrole nitrogens is 1. The first-order valence-electron chi connectivity index (χ1n) is 5.65. The highest BCUT2D eigenvalue weighted by atomic mass is 35.5. The zero-order valence-corrected chi connectivity index (χ0v) is 12.2. The van der Waals surface area contributed by atoms with Gasteiger partial charge in [-0.05, 0) is 26.8 Å². The van der Waals surface area contributed by atoms with Crippen molar-refractivity contribution in [3.05, 3.63) is 27.5 Å². The Hall–Kier alpha value is -0.790. The number of hydrogen-bond donors (Lipinski definition) is 2. The minimum Gasteiger partial charge on any atom is -0.275 e. The number of thioether (sulfide) groups is 1. The third-order valence-corrected chi connectivity index (χ3v) is 3.94. The molecular formula is C11H14ClF2N3OS. The van der Waals surface area contributed by atoms with Crippen LogP contribution in [0.2, 0.25) is 5.15 Å². The first kappa shape index (κ1) is 14.6. The molecule has 2 heterocycles. The molecule has 0 spiro atoms. The van der Waals surface area contributed by atoms with Gasteiger partial charge in [0.15, 0.2) is 5.15 Å². The predicted molar refractivity (Wildman–Crippen MR) is 70.9 cm³/mol. The van der Waals surface area contributed by atoms with Crippen LogP contribution in [0.1, 0.15) is 43.7 Å². The highest BCUT2D eigenvalue weighted by Crippen LogP contribution is 2.42. The number of alkyl halides is 2. The number of hydrogen-bond acceptors (Lipinski definition) is 4. The van der Waals surface area contributed by atoms with E-state index in [1.54, 1.807) is 6.92 Å². The quantitative estimate of drug-likeness (QED) is 0.884. The van der Waals surface area contributed by atoms with Crippen molar-refractivity contribution in [2.75, 3.05) is 0 Å². The van der Waals surface area contributed by atoms with Gasteiger partial charge in [-0.1, -0.05) is 23.4 Å². The molecule has 0 radical (unpaired) electrons. The van der Waals surface area contributed by atoms with E-state index in [0.29, 0.717) is 5.56 Å². The van der Waals surface area contributed by atoms with Crippen LogP contribution in [-0.2, 0) is 4.84 Å². The molecule has 1 aromatic heterocycles. The summed E-state index contributed by atoms with van der Waals surface area (Å²) in [6.07, 6.45) is -0.735. The minimum absolute atomic E-state index is 0.0778. The first-order valence-corrected chi connectivity index (χ1v) is 6.91. The molecule has 1 atom stereocenters. The number of nitrogens with one attached hydrogen (secondary N) is 2. The maximum Gasteiger partial charge on any atom is 0.280 e. The smallest absolute Gasteiger partial charge is 0.275 e. The van der Waals surface area contributed by atoms with Gasteiger partial charge in [-0.2, -0.15) is 5.10 Å². The highest BCUT2D eigenvalue weighted by Gasteiger charge is 2.29. The van der Waals surface area contributed by atoms with Crippen LogP contribution in [0.3, 0.4) is 0 Å². The summed E-state index contributed by atoms with van der Waals surface area (Å²) in [5, 5.41) is 6.50. The van der Waals surface area contributed by atoms with Crippen molar-refractivity contribution >= 4 is 23.4 Å². The standard InChI is InChI=1S/C11H14ClF2N3OS/c1-5(19-6-4-11(2,3)18-17-6)7-8(10(13)14)15-16-9(7)12/h4-5,10,17H,1-3H3,(H,15,16). The fourth-order valence-electron chi connectivity index (χ4n) is 1.76. The summed E-state index contributed by atoms with van der Waals surface area (Å²) >= 11 is 7.23. The van der Waals surface area contributed by atoms with E-state index in [-0.39, 0.29) is 16.1 Å². The van der Waals surface area contributed by atoms with Gasteiger partial charge in [0.1, 0.15) is 11.3 Å².